The van der Waals surface area contributed by atoms with E-state index in [4.69, 9.17) is 9.47 Å². The van der Waals surface area contributed by atoms with Crippen LogP contribution in [0.4, 0.5) is 0 Å². The third kappa shape index (κ3) is 4.81. The standard InChI is InChI=1S/C32H26O5/c1-2-11-26(33)25-18-27(36-19-21-12-5-3-6-13-21)28-29(32(25)37-20-22-14-7-4-8-15-22)31(35)24-17-10-9-16-23(24)30(28)34/h3-10,12-18H,2,11,19-20H2,1H3. The molecule has 1 aliphatic carbocycles. The molecular formula is C32H26O5. The Morgan fingerprint density at radius 3 is 1.76 bits per heavy atom. The second-order valence-electron chi connectivity index (χ2n) is 8.93. The second-order valence-corrected chi connectivity index (χ2v) is 8.93. The van der Waals surface area contributed by atoms with Gasteiger partial charge in [0, 0.05) is 17.5 Å². The predicted molar refractivity (Wildman–Crippen MR) is 141 cm³/mol. The SMILES string of the molecule is CCCC(=O)c1cc(OCc2ccccc2)c2c(c1OCc1ccccc1)C(=O)c1ccccc1C2=O. The van der Waals surface area contributed by atoms with Crippen molar-refractivity contribution in [3.8, 4) is 11.5 Å². The molecule has 184 valence electrons. The molecule has 5 heteroatoms. The van der Waals surface area contributed by atoms with Gasteiger partial charge in [0.1, 0.15) is 24.7 Å². The third-order valence-corrected chi connectivity index (χ3v) is 6.35. The molecule has 0 radical (unpaired) electrons. The maximum Gasteiger partial charge on any atom is 0.198 e. The summed E-state index contributed by atoms with van der Waals surface area (Å²) >= 11 is 0. The van der Waals surface area contributed by atoms with E-state index in [1.54, 1.807) is 30.3 Å². The van der Waals surface area contributed by atoms with E-state index in [1.807, 2.05) is 67.6 Å². The smallest absolute Gasteiger partial charge is 0.198 e. The average molecular weight is 491 g/mol. The number of benzene rings is 4. The monoisotopic (exact) mass is 490 g/mol. The maximum absolute atomic E-state index is 13.8. The van der Waals surface area contributed by atoms with Crippen LogP contribution in [-0.2, 0) is 13.2 Å². The summed E-state index contributed by atoms with van der Waals surface area (Å²) in [5.41, 5.74) is 2.85. The van der Waals surface area contributed by atoms with Crippen LogP contribution in [0.25, 0.3) is 0 Å². The van der Waals surface area contributed by atoms with Crippen molar-refractivity contribution in [3.05, 3.63) is 130 Å². The van der Waals surface area contributed by atoms with Gasteiger partial charge in [-0.25, -0.2) is 0 Å². The van der Waals surface area contributed by atoms with Crippen molar-refractivity contribution < 1.29 is 23.9 Å². The highest BCUT2D eigenvalue weighted by molar-refractivity contribution is 6.31. The van der Waals surface area contributed by atoms with Gasteiger partial charge in [-0.3, -0.25) is 14.4 Å². The number of hydrogen-bond acceptors (Lipinski definition) is 5. The molecule has 0 spiro atoms. The number of hydrogen-bond donors (Lipinski definition) is 0. The van der Waals surface area contributed by atoms with Gasteiger partial charge in [-0.15, -0.1) is 0 Å². The van der Waals surface area contributed by atoms with E-state index in [0.29, 0.717) is 17.5 Å². The van der Waals surface area contributed by atoms with Gasteiger partial charge in [0.05, 0.1) is 16.7 Å². The lowest BCUT2D eigenvalue weighted by Crippen LogP contribution is -2.24. The van der Waals surface area contributed by atoms with Crippen LogP contribution in [0.3, 0.4) is 0 Å². The fraction of sp³-hybridized carbons (Fsp3) is 0.156. The van der Waals surface area contributed by atoms with Crippen LogP contribution in [0.5, 0.6) is 11.5 Å². The zero-order valence-corrected chi connectivity index (χ0v) is 20.5. The fourth-order valence-electron chi connectivity index (χ4n) is 4.53. The predicted octanol–water partition coefficient (Wildman–Crippen LogP) is 6.60. The molecule has 5 rings (SSSR count). The molecule has 0 N–H and O–H groups in total. The highest BCUT2D eigenvalue weighted by atomic mass is 16.5. The van der Waals surface area contributed by atoms with Crippen molar-refractivity contribution in [3.63, 3.8) is 0 Å². The summed E-state index contributed by atoms with van der Waals surface area (Å²) in [4.78, 5) is 40.9. The average Bonchev–Trinajstić information content (AvgIpc) is 2.94. The van der Waals surface area contributed by atoms with Gasteiger partial charge in [0.15, 0.2) is 17.3 Å². The van der Waals surface area contributed by atoms with E-state index in [9.17, 15) is 14.4 Å². The molecule has 0 saturated carbocycles. The van der Waals surface area contributed by atoms with Gasteiger partial charge in [-0.05, 0) is 23.6 Å². The van der Waals surface area contributed by atoms with Crippen molar-refractivity contribution in [1.82, 2.24) is 0 Å². The maximum atomic E-state index is 13.8. The van der Waals surface area contributed by atoms with Gasteiger partial charge >= 0.3 is 0 Å². The van der Waals surface area contributed by atoms with Crippen molar-refractivity contribution >= 4 is 17.3 Å². The van der Waals surface area contributed by atoms with Crippen LogP contribution in [-0.4, -0.2) is 17.3 Å². The number of ether oxygens (including phenoxy) is 2. The molecule has 4 aromatic carbocycles. The number of rotatable bonds is 9. The minimum absolute atomic E-state index is 0.0876. The zero-order chi connectivity index (χ0) is 25.8. The van der Waals surface area contributed by atoms with Gasteiger partial charge in [0.25, 0.3) is 0 Å². The Morgan fingerprint density at radius 1 is 0.676 bits per heavy atom. The normalized spacial score (nSPS) is 12.0. The third-order valence-electron chi connectivity index (χ3n) is 6.35. The van der Waals surface area contributed by atoms with Crippen LogP contribution < -0.4 is 9.47 Å². The van der Waals surface area contributed by atoms with Gasteiger partial charge in [0.2, 0.25) is 0 Å². The minimum atomic E-state index is -0.357. The lowest BCUT2D eigenvalue weighted by molar-refractivity contribution is 0.0960. The van der Waals surface area contributed by atoms with Crippen molar-refractivity contribution in [2.24, 2.45) is 0 Å². The Morgan fingerprint density at radius 2 is 1.19 bits per heavy atom. The Bertz CT molecular complexity index is 1470. The van der Waals surface area contributed by atoms with Gasteiger partial charge in [-0.2, -0.15) is 0 Å². The van der Waals surface area contributed by atoms with E-state index >= 15 is 0 Å². The molecule has 37 heavy (non-hydrogen) atoms. The molecule has 0 aliphatic heterocycles. The summed E-state index contributed by atoms with van der Waals surface area (Å²) in [6, 6.07) is 27.3. The molecule has 1 aliphatic rings. The van der Waals surface area contributed by atoms with Crippen molar-refractivity contribution in [1.29, 1.82) is 0 Å². The Kier molecular flexibility index (Phi) is 6.95. The molecule has 0 fully saturated rings. The molecule has 0 atom stereocenters. The molecule has 4 aromatic rings. The van der Waals surface area contributed by atoms with Crippen molar-refractivity contribution in [2.45, 2.75) is 33.0 Å². The molecule has 0 aromatic heterocycles. The Hall–Kier alpha value is -4.51. The fourth-order valence-corrected chi connectivity index (χ4v) is 4.53. The second kappa shape index (κ2) is 10.6. The highest BCUT2D eigenvalue weighted by Crippen LogP contribution is 2.42. The number of carbonyl (C=O) groups is 3. The first-order valence-electron chi connectivity index (χ1n) is 12.3. The molecular weight excluding hydrogens is 464 g/mol. The summed E-state index contributed by atoms with van der Waals surface area (Å²) < 4.78 is 12.3. The highest BCUT2D eigenvalue weighted by Gasteiger charge is 2.37. The molecule has 0 heterocycles. The Balaban J connectivity index is 1.68. The van der Waals surface area contributed by atoms with Crippen molar-refractivity contribution in [2.75, 3.05) is 0 Å². The summed E-state index contributed by atoms with van der Waals surface area (Å²) in [5, 5.41) is 0. The first-order valence-corrected chi connectivity index (χ1v) is 12.3. The van der Waals surface area contributed by atoms with Crippen LogP contribution in [0.1, 0.15) is 73.1 Å². The number of Topliss-reactive ketones (excluding diaryl/α,β-unsaturated/α-hetero) is 1. The molecule has 0 amide bonds. The lowest BCUT2D eigenvalue weighted by Gasteiger charge is -2.25. The van der Waals surface area contributed by atoms with E-state index in [2.05, 4.69) is 0 Å². The lowest BCUT2D eigenvalue weighted by atomic mass is 9.81. The molecule has 5 nitrogen and oxygen atoms in total. The van der Waals surface area contributed by atoms with E-state index in [-0.39, 0.29) is 65.2 Å². The molecule has 0 unspecified atom stereocenters. The van der Waals surface area contributed by atoms with E-state index < -0.39 is 0 Å². The van der Waals surface area contributed by atoms with E-state index in [1.165, 1.54) is 0 Å². The first-order chi connectivity index (χ1) is 18.1. The quantitative estimate of drug-likeness (QED) is 0.218. The van der Waals surface area contributed by atoms with Crippen LogP contribution in [0.15, 0.2) is 91.0 Å². The molecule has 0 saturated heterocycles. The summed E-state index contributed by atoms with van der Waals surface area (Å²) in [7, 11) is 0. The van der Waals surface area contributed by atoms with E-state index in [0.717, 1.165) is 11.1 Å². The van der Waals surface area contributed by atoms with Gasteiger partial charge < -0.3 is 9.47 Å². The Labute approximate surface area is 215 Å². The number of fused-ring (bicyclic) bond motifs is 2. The zero-order valence-electron chi connectivity index (χ0n) is 20.5. The summed E-state index contributed by atoms with van der Waals surface area (Å²) in [5.74, 6) is -0.510. The van der Waals surface area contributed by atoms with Crippen LogP contribution >= 0.6 is 0 Å². The summed E-state index contributed by atoms with van der Waals surface area (Å²) in [6.45, 7) is 2.24. The summed E-state index contributed by atoms with van der Waals surface area (Å²) in [6.07, 6.45) is 0.904. The van der Waals surface area contributed by atoms with Gasteiger partial charge in [-0.1, -0.05) is 91.9 Å². The largest absolute Gasteiger partial charge is 0.488 e. The molecule has 0 bridgehead atoms. The first kappa shape index (κ1) is 24.2. The van der Waals surface area contributed by atoms with Crippen LogP contribution in [0.2, 0.25) is 0 Å². The topological polar surface area (TPSA) is 69.7 Å². The van der Waals surface area contributed by atoms with Crippen LogP contribution in [0, 0.1) is 0 Å². The number of ketones is 3. The minimum Gasteiger partial charge on any atom is -0.488 e. The number of carbonyl (C=O) groups excluding carboxylic acids is 3.